The van der Waals surface area contributed by atoms with Gasteiger partial charge >= 0.3 is 0 Å². The monoisotopic (exact) mass is 378 g/mol. The number of carbonyl (C=O) groups is 1. The lowest BCUT2D eigenvalue weighted by molar-refractivity contribution is -0.157. The maximum absolute atomic E-state index is 12.9. The van der Waals surface area contributed by atoms with E-state index in [2.05, 4.69) is 21.1 Å². The van der Waals surface area contributed by atoms with E-state index in [1.165, 1.54) is 32.1 Å². The van der Waals surface area contributed by atoms with E-state index in [-0.39, 0.29) is 5.91 Å². The van der Waals surface area contributed by atoms with E-state index in [1.54, 1.807) is 11.8 Å². The van der Waals surface area contributed by atoms with E-state index in [4.69, 9.17) is 0 Å². The van der Waals surface area contributed by atoms with Crippen LogP contribution in [0.15, 0.2) is 11.4 Å². The van der Waals surface area contributed by atoms with Crippen LogP contribution in [0.4, 0.5) is 0 Å². The van der Waals surface area contributed by atoms with Gasteiger partial charge in [-0.3, -0.25) is 4.79 Å². The SMILES string of the molecule is O=C1N(CC2CCCCC2)CCC[C@@]1(O)CNCc1cn2c(n1)SCC2. The molecule has 3 aliphatic rings. The highest BCUT2D eigenvalue weighted by Crippen LogP contribution is 2.28. The molecule has 2 aliphatic heterocycles. The highest BCUT2D eigenvalue weighted by Gasteiger charge is 2.42. The van der Waals surface area contributed by atoms with Gasteiger partial charge in [0.2, 0.25) is 0 Å². The molecule has 6 nitrogen and oxygen atoms in total. The molecule has 1 saturated carbocycles. The number of rotatable bonds is 6. The maximum atomic E-state index is 12.9. The van der Waals surface area contributed by atoms with Crippen molar-refractivity contribution < 1.29 is 9.90 Å². The van der Waals surface area contributed by atoms with E-state index >= 15 is 0 Å². The van der Waals surface area contributed by atoms with Gasteiger partial charge in [0.25, 0.3) is 5.91 Å². The number of likely N-dealkylation sites (tertiary alicyclic amines) is 1. The summed E-state index contributed by atoms with van der Waals surface area (Å²) in [7, 11) is 0. The van der Waals surface area contributed by atoms with Gasteiger partial charge in [0, 0.05) is 44.7 Å². The molecule has 3 heterocycles. The van der Waals surface area contributed by atoms with Gasteiger partial charge in [0.15, 0.2) is 10.8 Å². The quantitative estimate of drug-likeness (QED) is 0.792. The zero-order valence-electron chi connectivity index (χ0n) is 15.5. The van der Waals surface area contributed by atoms with Crippen LogP contribution in [-0.2, 0) is 17.9 Å². The van der Waals surface area contributed by atoms with Crippen LogP contribution in [-0.4, -0.2) is 56.5 Å². The van der Waals surface area contributed by atoms with Crippen LogP contribution in [0, 0.1) is 5.92 Å². The van der Waals surface area contributed by atoms with Gasteiger partial charge < -0.3 is 19.9 Å². The first-order valence-electron chi connectivity index (χ1n) is 10.1. The number of aliphatic hydroxyl groups is 1. The number of aryl methyl sites for hydroxylation is 1. The number of hydrogen-bond acceptors (Lipinski definition) is 5. The highest BCUT2D eigenvalue weighted by molar-refractivity contribution is 7.99. The standard InChI is InChI=1S/C19H30N4O2S/c24-17-19(25,7-4-8-22(17)12-15-5-2-1-3-6-15)14-20-11-16-13-23-9-10-26-18(23)21-16/h13,15,20,25H,1-12,14H2/t19-/m1/s1. The van der Waals surface area contributed by atoms with Gasteiger partial charge in [0.05, 0.1) is 5.69 Å². The molecule has 144 valence electrons. The molecule has 1 saturated heterocycles. The second-order valence-electron chi connectivity index (χ2n) is 8.05. The van der Waals surface area contributed by atoms with E-state index in [0.29, 0.717) is 25.4 Å². The van der Waals surface area contributed by atoms with E-state index in [9.17, 15) is 9.90 Å². The van der Waals surface area contributed by atoms with Gasteiger partial charge in [0.1, 0.15) is 0 Å². The van der Waals surface area contributed by atoms with Gasteiger partial charge in [-0.1, -0.05) is 31.0 Å². The number of nitrogens with zero attached hydrogens (tertiary/aromatic N) is 3. The fourth-order valence-electron chi connectivity index (χ4n) is 4.53. The summed E-state index contributed by atoms with van der Waals surface area (Å²) in [5, 5.41) is 15.3. The average molecular weight is 379 g/mol. The second kappa shape index (κ2) is 7.90. The third-order valence-electron chi connectivity index (χ3n) is 5.98. The number of fused-ring (bicyclic) bond motifs is 1. The largest absolute Gasteiger partial charge is 0.379 e. The number of piperidine rings is 1. The van der Waals surface area contributed by atoms with E-state index in [1.807, 2.05) is 4.90 Å². The Bertz CT molecular complexity index is 622. The van der Waals surface area contributed by atoms with Crippen LogP contribution >= 0.6 is 11.8 Å². The van der Waals surface area contributed by atoms with Crippen LogP contribution in [0.2, 0.25) is 0 Å². The van der Waals surface area contributed by atoms with Crippen LogP contribution in [0.1, 0.15) is 50.6 Å². The van der Waals surface area contributed by atoms with E-state index in [0.717, 1.165) is 42.7 Å². The van der Waals surface area contributed by atoms with Crippen LogP contribution in [0.3, 0.4) is 0 Å². The number of thioether (sulfide) groups is 1. The lowest BCUT2D eigenvalue weighted by Crippen LogP contribution is -2.58. The zero-order valence-corrected chi connectivity index (χ0v) is 16.3. The molecule has 1 atom stereocenters. The molecule has 1 aromatic heterocycles. The third-order valence-corrected chi connectivity index (χ3v) is 6.95. The summed E-state index contributed by atoms with van der Waals surface area (Å²) in [4.78, 5) is 19.4. The summed E-state index contributed by atoms with van der Waals surface area (Å²) in [5.41, 5.74) is -0.275. The highest BCUT2D eigenvalue weighted by atomic mass is 32.2. The number of amides is 1. The Morgan fingerprint density at radius 2 is 2.12 bits per heavy atom. The second-order valence-corrected chi connectivity index (χ2v) is 9.11. The van der Waals surface area contributed by atoms with Crippen molar-refractivity contribution >= 4 is 17.7 Å². The predicted molar refractivity (Wildman–Crippen MR) is 102 cm³/mol. The normalized spacial score (nSPS) is 27.1. The lowest BCUT2D eigenvalue weighted by atomic mass is 9.86. The van der Waals surface area contributed by atoms with Crippen molar-refractivity contribution in [2.24, 2.45) is 5.92 Å². The summed E-state index contributed by atoms with van der Waals surface area (Å²) in [5.74, 6) is 1.64. The molecular formula is C19H30N4O2S. The summed E-state index contributed by atoms with van der Waals surface area (Å²) < 4.78 is 2.17. The molecule has 26 heavy (non-hydrogen) atoms. The Labute approximate surface area is 159 Å². The van der Waals surface area contributed by atoms with Crippen molar-refractivity contribution in [3.63, 3.8) is 0 Å². The fourth-order valence-corrected chi connectivity index (χ4v) is 5.49. The first-order valence-corrected chi connectivity index (χ1v) is 11.0. The van der Waals surface area contributed by atoms with Crippen LogP contribution < -0.4 is 5.32 Å². The Morgan fingerprint density at radius 1 is 1.27 bits per heavy atom. The van der Waals surface area contributed by atoms with Crippen molar-refractivity contribution in [2.75, 3.05) is 25.4 Å². The molecular weight excluding hydrogens is 348 g/mol. The predicted octanol–water partition coefficient (Wildman–Crippen LogP) is 2.01. The lowest BCUT2D eigenvalue weighted by Gasteiger charge is -2.40. The molecule has 2 fully saturated rings. The molecule has 0 aromatic carbocycles. The first-order chi connectivity index (χ1) is 12.6. The van der Waals surface area contributed by atoms with Gasteiger partial charge in [-0.25, -0.2) is 4.98 Å². The molecule has 0 spiro atoms. The number of aromatic nitrogens is 2. The Hall–Kier alpha value is -1.05. The molecule has 0 bridgehead atoms. The van der Waals surface area contributed by atoms with Gasteiger partial charge in [-0.15, -0.1) is 0 Å². The summed E-state index contributed by atoms with van der Waals surface area (Å²) in [6.07, 6.45) is 9.85. The number of carbonyl (C=O) groups excluding carboxylic acids is 1. The Balaban J connectivity index is 1.30. The molecule has 0 unspecified atom stereocenters. The third kappa shape index (κ3) is 3.94. The van der Waals surface area contributed by atoms with Crippen molar-refractivity contribution in [3.05, 3.63) is 11.9 Å². The molecule has 0 radical (unpaired) electrons. The van der Waals surface area contributed by atoms with Gasteiger partial charge in [-0.2, -0.15) is 0 Å². The summed E-state index contributed by atoms with van der Waals surface area (Å²) in [6, 6.07) is 0. The topological polar surface area (TPSA) is 70.4 Å². The Morgan fingerprint density at radius 3 is 2.92 bits per heavy atom. The maximum Gasteiger partial charge on any atom is 0.255 e. The number of nitrogens with one attached hydrogen (secondary N) is 1. The number of imidazole rings is 1. The minimum atomic E-state index is -1.26. The van der Waals surface area contributed by atoms with Crippen LogP contribution in [0.25, 0.3) is 0 Å². The summed E-state index contributed by atoms with van der Waals surface area (Å²) in [6.45, 7) is 3.54. The minimum absolute atomic E-state index is 0.0790. The molecule has 2 N–H and O–H groups in total. The molecule has 7 heteroatoms. The first kappa shape index (κ1) is 18.3. The molecule has 4 rings (SSSR count). The molecule has 1 aliphatic carbocycles. The molecule has 1 aromatic rings. The van der Waals surface area contributed by atoms with Gasteiger partial charge in [-0.05, 0) is 31.6 Å². The van der Waals surface area contributed by atoms with Crippen molar-refractivity contribution in [1.29, 1.82) is 0 Å². The summed E-state index contributed by atoms with van der Waals surface area (Å²) >= 11 is 1.78. The van der Waals surface area contributed by atoms with Crippen molar-refractivity contribution in [3.8, 4) is 0 Å². The smallest absolute Gasteiger partial charge is 0.255 e. The van der Waals surface area contributed by atoms with Crippen LogP contribution in [0.5, 0.6) is 0 Å². The zero-order chi connectivity index (χ0) is 18.0. The minimum Gasteiger partial charge on any atom is -0.379 e. The fraction of sp³-hybridized carbons (Fsp3) is 0.789. The number of hydrogen-bond donors (Lipinski definition) is 2. The van der Waals surface area contributed by atoms with Crippen molar-refractivity contribution in [2.45, 2.75) is 68.8 Å². The van der Waals surface area contributed by atoms with E-state index < -0.39 is 5.60 Å². The van der Waals surface area contributed by atoms with Crippen molar-refractivity contribution in [1.82, 2.24) is 19.8 Å². The average Bonchev–Trinajstić information content (AvgIpc) is 3.22. The Kier molecular flexibility index (Phi) is 5.57. The molecule has 1 amide bonds.